The normalized spacial score (nSPS) is 10.6. The van der Waals surface area contributed by atoms with Gasteiger partial charge in [0.25, 0.3) is 0 Å². The third kappa shape index (κ3) is 0.969. The Kier molecular flexibility index (Phi) is 1.33. The SMILES string of the molecule is NCc1cn2cccnc2n1. The Morgan fingerprint density at radius 1 is 1.55 bits per heavy atom. The Morgan fingerprint density at radius 3 is 3.18 bits per heavy atom. The van der Waals surface area contributed by atoms with E-state index in [4.69, 9.17) is 5.73 Å². The second-order valence-corrected chi connectivity index (χ2v) is 2.26. The molecular formula is C7H8N4. The van der Waals surface area contributed by atoms with Gasteiger partial charge >= 0.3 is 0 Å². The van der Waals surface area contributed by atoms with Gasteiger partial charge in [-0.2, -0.15) is 0 Å². The van der Waals surface area contributed by atoms with Crippen LogP contribution in [0, 0.1) is 0 Å². The van der Waals surface area contributed by atoms with Crippen molar-refractivity contribution in [2.75, 3.05) is 0 Å². The summed E-state index contributed by atoms with van der Waals surface area (Å²) in [5.41, 5.74) is 6.27. The zero-order valence-electron chi connectivity index (χ0n) is 5.94. The van der Waals surface area contributed by atoms with Crippen molar-refractivity contribution in [3.05, 3.63) is 30.4 Å². The van der Waals surface area contributed by atoms with E-state index < -0.39 is 0 Å². The lowest BCUT2D eigenvalue weighted by Gasteiger charge is -1.85. The van der Waals surface area contributed by atoms with E-state index in [2.05, 4.69) is 9.97 Å². The molecule has 0 aliphatic rings. The van der Waals surface area contributed by atoms with Gasteiger partial charge in [0.1, 0.15) is 0 Å². The Bertz CT molecular complexity index is 332. The molecule has 2 heterocycles. The number of nitrogens with zero attached hydrogens (tertiary/aromatic N) is 3. The molecule has 0 spiro atoms. The molecule has 2 rings (SSSR count). The average molecular weight is 148 g/mol. The lowest BCUT2D eigenvalue weighted by molar-refractivity contribution is 1.01. The molecule has 0 unspecified atom stereocenters. The molecule has 0 fully saturated rings. The van der Waals surface area contributed by atoms with Crippen LogP contribution in [0.5, 0.6) is 0 Å². The molecule has 0 amide bonds. The van der Waals surface area contributed by atoms with Gasteiger partial charge in [-0.05, 0) is 6.07 Å². The van der Waals surface area contributed by atoms with Gasteiger partial charge in [-0.15, -0.1) is 0 Å². The molecule has 2 N–H and O–H groups in total. The average Bonchev–Trinajstić information content (AvgIpc) is 2.46. The summed E-state index contributed by atoms with van der Waals surface area (Å²) in [6.45, 7) is 0.462. The number of hydrogen-bond donors (Lipinski definition) is 1. The second kappa shape index (κ2) is 2.32. The predicted octanol–water partition coefficient (Wildman–Crippen LogP) is 0.188. The Morgan fingerprint density at radius 2 is 2.45 bits per heavy atom. The minimum atomic E-state index is 0.462. The highest BCUT2D eigenvalue weighted by atomic mass is 15.1. The molecule has 2 aromatic heterocycles. The predicted molar refractivity (Wildman–Crippen MR) is 40.9 cm³/mol. The van der Waals surface area contributed by atoms with Gasteiger partial charge in [-0.25, -0.2) is 9.97 Å². The van der Waals surface area contributed by atoms with E-state index in [0.29, 0.717) is 12.3 Å². The summed E-state index contributed by atoms with van der Waals surface area (Å²) in [7, 11) is 0. The molecule has 56 valence electrons. The number of nitrogens with two attached hydrogens (primary N) is 1. The lowest BCUT2D eigenvalue weighted by Crippen LogP contribution is -1.95. The summed E-state index contributed by atoms with van der Waals surface area (Å²) in [5, 5.41) is 0. The van der Waals surface area contributed by atoms with E-state index in [1.54, 1.807) is 6.20 Å². The van der Waals surface area contributed by atoms with Gasteiger partial charge in [0.15, 0.2) is 0 Å². The first-order valence-electron chi connectivity index (χ1n) is 3.39. The van der Waals surface area contributed by atoms with Crippen LogP contribution >= 0.6 is 0 Å². The molecule has 0 aromatic carbocycles. The summed E-state index contributed by atoms with van der Waals surface area (Å²) in [6.07, 6.45) is 5.49. The van der Waals surface area contributed by atoms with E-state index >= 15 is 0 Å². The number of rotatable bonds is 1. The van der Waals surface area contributed by atoms with Crippen LogP contribution in [0.15, 0.2) is 24.7 Å². The van der Waals surface area contributed by atoms with Crippen molar-refractivity contribution < 1.29 is 0 Å². The van der Waals surface area contributed by atoms with E-state index in [1.165, 1.54) is 0 Å². The van der Waals surface area contributed by atoms with Crippen LogP contribution in [0.4, 0.5) is 0 Å². The number of fused-ring (bicyclic) bond motifs is 1. The monoisotopic (exact) mass is 148 g/mol. The van der Waals surface area contributed by atoms with Crippen molar-refractivity contribution in [3.63, 3.8) is 0 Å². The first-order chi connectivity index (χ1) is 5.40. The van der Waals surface area contributed by atoms with Crippen LogP contribution in [-0.4, -0.2) is 14.4 Å². The van der Waals surface area contributed by atoms with Crippen LogP contribution in [-0.2, 0) is 6.54 Å². The molecule has 0 saturated carbocycles. The van der Waals surface area contributed by atoms with E-state index in [9.17, 15) is 0 Å². The van der Waals surface area contributed by atoms with Crippen molar-refractivity contribution in [1.82, 2.24) is 14.4 Å². The molecule has 0 atom stereocenters. The van der Waals surface area contributed by atoms with E-state index in [1.807, 2.05) is 22.9 Å². The highest BCUT2D eigenvalue weighted by molar-refractivity contribution is 5.29. The smallest absolute Gasteiger partial charge is 0.233 e. The van der Waals surface area contributed by atoms with Crippen molar-refractivity contribution in [3.8, 4) is 0 Å². The maximum atomic E-state index is 5.41. The molecule has 11 heavy (non-hydrogen) atoms. The van der Waals surface area contributed by atoms with Crippen molar-refractivity contribution in [1.29, 1.82) is 0 Å². The van der Waals surface area contributed by atoms with Crippen LogP contribution in [0.2, 0.25) is 0 Å². The zero-order valence-corrected chi connectivity index (χ0v) is 5.94. The summed E-state index contributed by atoms with van der Waals surface area (Å²) >= 11 is 0. The highest BCUT2D eigenvalue weighted by Crippen LogP contribution is 1.99. The molecule has 0 aliphatic carbocycles. The molecule has 0 aliphatic heterocycles. The van der Waals surface area contributed by atoms with Crippen molar-refractivity contribution >= 4 is 5.78 Å². The molecule has 0 radical (unpaired) electrons. The zero-order chi connectivity index (χ0) is 7.68. The van der Waals surface area contributed by atoms with Gasteiger partial charge in [-0.3, -0.25) is 4.40 Å². The van der Waals surface area contributed by atoms with Gasteiger partial charge in [0.05, 0.1) is 5.69 Å². The van der Waals surface area contributed by atoms with Gasteiger partial charge in [0, 0.05) is 25.1 Å². The quantitative estimate of drug-likeness (QED) is 0.628. The molecule has 0 bridgehead atoms. The largest absolute Gasteiger partial charge is 0.325 e. The lowest BCUT2D eigenvalue weighted by atomic mass is 10.5. The number of hydrogen-bond acceptors (Lipinski definition) is 3. The topological polar surface area (TPSA) is 56.2 Å². The minimum absolute atomic E-state index is 0.462. The van der Waals surface area contributed by atoms with Crippen molar-refractivity contribution in [2.24, 2.45) is 5.73 Å². The third-order valence-corrected chi connectivity index (χ3v) is 1.49. The molecular weight excluding hydrogens is 140 g/mol. The fourth-order valence-corrected chi connectivity index (χ4v) is 0.978. The van der Waals surface area contributed by atoms with E-state index in [-0.39, 0.29) is 0 Å². The molecule has 2 aromatic rings. The Hall–Kier alpha value is -1.42. The Labute approximate surface area is 63.7 Å². The van der Waals surface area contributed by atoms with Crippen LogP contribution in [0.25, 0.3) is 5.78 Å². The van der Waals surface area contributed by atoms with E-state index in [0.717, 1.165) is 5.69 Å². The second-order valence-electron chi connectivity index (χ2n) is 2.26. The fraction of sp³-hybridized carbons (Fsp3) is 0.143. The van der Waals surface area contributed by atoms with Crippen LogP contribution < -0.4 is 5.73 Å². The van der Waals surface area contributed by atoms with Crippen LogP contribution in [0.1, 0.15) is 5.69 Å². The maximum absolute atomic E-state index is 5.41. The number of aromatic nitrogens is 3. The van der Waals surface area contributed by atoms with Gasteiger partial charge < -0.3 is 5.73 Å². The summed E-state index contributed by atoms with van der Waals surface area (Å²) in [4.78, 5) is 8.20. The molecule has 4 nitrogen and oxygen atoms in total. The summed E-state index contributed by atoms with van der Waals surface area (Å²) in [6, 6.07) is 1.86. The standard InChI is InChI=1S/C7H8N4/c8-4-6-5-11-3-1-2-9-7(11)10-6/h1-3,5H,4,8H2. The minimum Gasteiger partial charge on any atom is -0.325 e. The summed E-state index contributed by atoms with van der Waals surface area (Å²) in [5.74, 6) is 0.702. The Balaban J connectivity index is 2.69. The fourth-order valence-electron chi connectivity index (χ4n) is 0.978. The first-order valence-corrected chi connectivity index (χ1v) is 3.39. The summed E-state index contributed by atoms with van der Waals surface area (Å²) < 4.78 is 1.85. The molecule has 0 saturated heterocycles. The van der Waals surface area contributed by atoms with Crippen LogP contribution in [0.3, 0.4) is 0 Å². The van der Waals surface area contributed by atoms with Gasteiger partial charge in [-0.1, -0.05) is 0 Å². The number of imidazole rings is 1. The molecule has 4 heteroatoms. The van der Waals surface area contributed by atoms with Gasteiger partial charge in [0.2, 0.25) is 5.78 Å². The third-order valence-electron chi connectivity index (χ3n) is 1.49. The maximum Gasteiger partial charge on any atom is 0.233 e. The van der Waals surface area contributed by atoms with Crippen molar-refractivity contribution in [2.45, 2.75) is 6.54 Å². The first kappa shape index (κ1) is 6.30. The highest BCUT2D eigenvalue weighted by Gasteiger charge is 1.97.